The zero-order chi connectivity index (χ0) is 28.2. The number of fused-ring (bicyclic) bond motifs is 1. The molecular formula is C31H39N7O3. The van der Waals surface area contributed by atoms with Crippen LogP contribution in [0.2, 0.25) is 0 Å². The molecule has 2 N–H and O–H groups in total. The second-order valence-electron chi connectivity index (χ2n) is 10.7. The highest BCUT2D eigenvalue weighted by Crippen LogP contribution is 2.34. The summed E-state index contributed by atoms with van der Waals surface area (Å²) < 4.78 is 13.3. The molecule has 216 valence electrons. The fraction of sp³-hybridized carbons (Fsp3) is 0.419. The van der Waals surface area contributed by atoms with E-state index in [2.05, 4.69) is 43.2 Å². The Balaban J connectivity index is 1.18. The zero-order valence-corrected chi connectivity index (χ0v) is 23.9. The van der Waals surface area contributed by atoms with Gasteiger partial charge in [-0.1, -0.05) is 12.1 Å². The van der Waals surface area contributed by atoms with Gasteiger partial charge in [0.25, 0.3) is 0 Å². The van der Waals surface area contributed by atoms with E-state index >= 15 is 0 Å². The minimum Gasteiger partial charge on any atom is -0.496 e. The van der Waals surface area contributed by atoms with Crippen LogP contribution in [0.5, 0.6) is 11.5 Å². The molecule has 0 spiro atoms. The van der Waals surface area contributed by atoms with Gasteiger partial charge in [0.15, 0.2) is 0 Å². The molecule has 0 bridgehead atoms. The number of rotatable bonds is 9. The maximum Gasteiger partial charge on any atom is 0.245 e. The van der Waals surface area contributed by atoms with Crippen LogP contribution in [0.15, 0.2) is 60.8 Å². The molecule has 2 aromatic heterocycles. The van der Waals surface area contributed by atoms with Crippen LogP contribution in [0.4, 0.5) is 17.3 Å². The molecule has 0 amide bonds. The highest BCUT2D eigenvalue weighted by atomic mass is 16.5. The number of piperidine rings is 1. The number of methoxy groups -OCH3 is 2. The van der Waals surface area contributed by atoms with Gasteiger partial charge in [-0.25, -0.2) is 9.50 Å². The van der Waals surface area contributed by atoms with E-state index in [0.29, 0.717) is 12.0 Å². The summed E-state index contributed by atoms with van der Waals surface area (Å²) in [5.74, 6) is 2.03. The van der Waals surface area contributed by atoms with Gasteiger partial charge in [-0.15, -0.1) is 5.10 Å². The Hall–Kier alpha value is -3.86. The number of aliphatic hydroxyl groups excluding tert-OH is 1. The molecule has 1 atom stereocenters. The normalized spacial score (nSPS) is 18.5. The molecule has 2 aliphatic heterocycles. The second-order valence-corrected chi connectivity index (χ2v) is 10.7. The Morgan fingerprint density at radius 3 is 2.59 bits per heavy atom. The summed E-state index contributed by atoms with van der Waals surface area (Å²) in [6.45, 7) is 7.25. The number of para-hydroxylation sites is 1. The van der Waals surface area contributed by atoms with Crippen LogP contribution in [-0.2, 0) is 0 Å². The summed E-state index contributed by atoms with van der Waals surface area (Å²) in [6.07, 6.45) is 4.21. The maximum absolute atomic E-state index is 9.25. The molecule has 6 rings (SSSR count). The minimum absolute atomic E-state index is 0.237. The first kappa shape index (κ1) is 27.3. The van der Waals surface area contributed by atoms with E-state index < -0.39 is 0 Å². The van der Waals surface area contributed by atoms with Crippen molar-refractivity contribution in [3.63, 3.8) is 0 Å². The van der Waals surface area contributed by atoms with Crippen molar-refractivity contribution in [2.45, 2.75) is 18.9 Å². The number of benzene rings is 2. The second kappa shape index (κ2) is 12.3. The molecule has 2 fully saturated rings. The van der Waals surface area contributed by atoms with Crippen molar-refractivity contribution in [3.05, 3.63) is 60.8 Å². The third-order valence-corrected chi connectivity index (χ3v) is 8.31. The summed E-state index contributed by atoms with van der Waals surface area (Å²) >= 11 is 0. The smallest absolute Gasteiger partial charge is 0.245 e. The SMILES string of the molecule is COc1cc(N2CCCC(N3CCN(CCO)CC3)C2)ccc1Nc1ncc2ccc(-c3ccccc3OC)n2n1. The Morgan fingerprint density at radius 1 is 0.951 bits per heavy atom. The third-order valence-electron chi connectivity index (χ3n) is 8.31. The van der Waals surface area contributed by atoms with E-state index in [4.69, 9.17) is 14.6 Å². The van der Waals surface area contributed by atoms with Crippen LogP contribution in [-0.4, -0.2) is 102 Å². The molecular weight excluding hydrogens is 518 g/mol. The summed E-state index contributed by atoms with van der Waals surface area (Å²) in [5, 5.41) is 17.4. The number of anilines is 3. The highest BCUT2D eigenvalue weighted by Gasteiger charge is 2.28. The third kappa shape index (κ3) is 5.81. The monoisotopic (exact) mass is 557 g/mol. The zero-order valence-electron chi connectivity index (χ0n) is 23.9. The molecule has 2 aromatic carbocycles. The van der Waals surface area contributed by atoms with E-state index in [0.717, 1.165) is 85.5 Å². The molecule has 1 unspecified atom stereocenters. The number of β-amino-alcohol motifs (C(OH)–C–C–N with tert-alkyl or cyclic N) is 1. The van der Waals surface area contributed by atoms with Gasteiger partial charge in [0.2, 0.25) is 5.95 Å². The van der Waals surface area contributed by atoms with Crippen molar-refractivity contribution in [1.82, 2.24) is 24.4 Å². The average molecular weight is 558 g/mol. The van der Waals surface area contributed by atoms with E-state index in [1.807, 2.05) is 47.1 Å². The van der Waals surface area contributed by atoms with Gasteiger partial charge < -0.3 is 24.8 Å². The van der Waals surface area contributed by atoms with Gasteiger partial charge in [-0.05, 0) is 49.2 Å². The molecule has 10 nitrogen and oxygen atoms in total. The molecule has 4 aromatic rings. The van der Waals surface area contributed by atoms with Crippen LogP contribution in [0.25, 0.3) is 16.8 Å². The fourth-order valence-corrected chi connectivity index (χ4v) is 6.10. The van der Waals surface area contributed by atoms with Crippen LogP contribution >= 0.6 is 0 Å². The number of nitrogens with zero attached hydrogens (tertiary/aromatic N) is 6. The van der Waals surface area contributed by atoms with Gasteiger partial charge in [0.1, 0.15) is 11.5 Å². The Bertz CT molecular complexity index is 1470. The number of ether oxygens (including phenoxy) is 2. The largest absolute Gasteiger partial charge is 0.496 e. The lowest BCUT2D eigenvalue weighted by molar-refractivity contribution is 0.0779. The first-order valence-corrected chi connectivity index (χ1v) is 14.4. The Labute approximate surface area is 241 Å². The van der Waals surface area contributed by atoms with Crippen molar-refractivity contribution in [2.75, 3.05) is 76.9 Å². The van der Waals surface area contributed by atoms with Crippen LogP contribution in [0.1, 0.15) is 12.8 Å². The van der Waals surface area contributed by atoms with E-state index in [1.165, 1.54) is 12.8 Å². The van der Waals surface area contributed by atoms with Crippen LogP contribution in [0.3, 0.4) is 0 Å². The molecule has 0 saturated carbocycles. The van der Waals surface area contributed by atoms with Gasteiger partial charge in [-0.2, -0.15) is 0 Å². The average Bonchev–Trinajstić information content (AvgIpc) is 3.45. The van der Waals surface area contributed by atoms with Crippen molar-refractivity contribution < 1.29 is 14.6 Å². The number of piperazine rings is 1. The van der Waals surface area contributed by atoms with E-state index in [9.17, 15) is 5.11 Å². The first-order chi connectivity index (χ1) is 20.2. The standard InChI is InChI=1S/C31H39N7O3/c1-40-29-8-4-3-7-26(29)28-12-10-24-21-32-31(34-38(24)28)33-27-11-9-23(20-30(27)41-2)37-13-5-6-25(22-37)36-16-14-35(15-17-36)18-19-39/h3-4,7-12,20-21,25,39H,5-6,13-19,22H2,1-2H3,(H,33,34). The molecule has 4 heterocycles. The summed E-state index contributed by atoms with van der Waals surface area (Å²) in [7, 11) is 3.38. The molecule has 41 heavy (non-hydrogen) atoms. The molecule has 0 aliphatic carbocycles. The Kier molecular flexibility index (Phi) is 8.22. The van der Waals surface area contributed by atoms with Crippen molar-refractivity contribution in [1.29, 1.82) is 0 Å². The lowest BCUT2D eigenvalue weighted by atomic mass is 10.0. The van der Waals surface area contributed by atoms with Crippen LogP contribution in [0, 0.1) is 0 Å². The van der Waals surface area contributed by atoms with Gasteiger partial charge in [0, 0.05) is 69.2 Å². The molecule has 2 saturated heterocycles. The number of aromatic nitrogens is 3. The minimum atomic E-state index is 0.237. The number of hydrogen-bond donors (Lipinski definition) is 2. The van der Waals surface area contributed by atoms with Crippen LogP contribution < -0.4 is 19.7 Å². The summed E-state index contributed by atoms with van der Waals surface area (Å²) in [4.78, 5) is 12.0. The quantitative estimate of drug-likeness (QED) is 0.319. The number of nitrogens with one attached hydrogen (secondary N) is 1. The molecule has 0 radical (unpaired) electrons. The van der Waals surface area contributed by atoms with Crippen molar-refractivity contribution in [3.8, 4) is 22.8 Å². The fourth-order valence-electron chi connectivity index (χ4n) is 6.10. The predicted octanol–water partition coefficient (Wildman–Crippen LogP) is 3.74. The van der Waals surface area contributed by atoms with Gasteiger partial charge in [-0.3, -0.25) is 9.80 Å². The number of hydrogen-bond acceptors (Lipinski definition) is 9. The van der Waals surface area contributed by atoms with Crippen molar-refractivity contribution in [2.24, 2.45) is 0 Å². The number of aliphatic hydroxyl groups is 1. The van der Waals surface area contributed by atoms with Crippen molar-refractivity contribution >= 4 is 22.8 Å². The Morgan fingerprint density at radius 2 is 1.78 bits per heavy atom. The summed E-state index contributed by atoms with van der Waals surface area (Å²) in [6, 6.07) is 18.8. The van der Waals surface area contributed by atoms with E-state index in [1.54, 1.807) is 14.2 Å². The van der Waals surface area contributed by atoms with Gasteiger partial charge >= 0.3 is 0 Å². The lowest BCUT2D eigenvalue weighted by Gasteiger charge is -2.44. The molecule has 2 aliphatic rings. The van der Waals surface area contributed by atoms with E-state index in [-0.39, 0.29) is 6.61 Å². The highest BCUT2D eigenvalue weighted by molar-refractivity contribution is 5.73. The first-order valence-electron chi connectivity index (χ1n) is 14.4. The topological polar surface area (TPSA) is 90.6 Å². The summed E-state index contributed by atoms with van der Waals surface area (Å²) in [5.41, 5.74) is 4.77. The van der Waals surface area contributed by atoms with Gasteiger partial charge in [0.05, 0.1) is 43.9 Å². The molecule has 10 heteroatoms. The predicted molar refractivity (Wildman–Crippen MR) is 162 cm³/mol. The lowest BCUT2D eigenvalue weighted by Crippen LogP contribution is -2.55. The maximum atomic E-state index is 9.25.